The number of methoxy groups -OCH3 is 3. The van der Waals surface area contributed by atoms with Crippen LogP contribution in [0.15, 0.2) is 77.7 Å². The first-order valence-corrected chi connectivity index (χ1v) is 12.6. The van der Waals surface area contributed by atoms with Gasteiger partial charge in [-0.2, -0.15) is 0 Å². The second kappa shape index (κ2) is 11.3. The molecule has 10 nitrogen and oxygen atoms in total. The summed E-state index contributed by atoms with van der Waals surface area (Å²) in [7, 11) is 4.74. The number of ether oxygens (including phenoxy) is 3. The smallest absolute Gasteiger partial charge is 0.267 e. The zero-order valence-electron chi connectivity index (χ0n) is 22.4. The van der Waals surface area contributed by atoms with Crippen molar-refractivity contribution < 1.29 is 19.0 Å². The first-order chi connectivity index (χ1) is 19.4. The minimum atomic E-state index is -0.451. The lowest BCUT2D eigenvalue weighted by atomic mass is 10.1. The molecule has 0 aliphatic carbocycles. The predicted octanol–water partition coefficient (Wildman–Crippen LogP) is 3.18. The van der Waals surface area contributed by atoms with E-state index < -0.39 is 5.91 Å². The number of carbonyl (C=O) groups is 1. The van der Waals surface area contributed by atoms with Gasteiger partial charge in [0.25, 0.3) is 11.5 Å². The highest BCUT2D eigenvalue weighted by Gasteiger charge is 2.18. The number of aromatic nitrogens is 3. The summed E-state index contributed by atoms with van der Waals surface area (Å²) in [4.78, 5) is 31.5. The quantitative estimate of drug-likeness (QED) is 0.278. The fourth-order valence-electron chi connectivity index (χ4n) is 4.58. The van der Waals surface area contributed by atoms with Gasteiger partial charge in [0.15, 0.2) is 11.5 Å². The van der Waals surface area contributed by atoms with E-state index >= 15 is 0 Å². The Balaban J connectivity index is 1.51. The maximum absolute atomic E-state index is 13.5. The van der Waals surface area contributed by atoms with Crippen molar-refractivity contribution in [3.8, 4) is 17.2 Å². The number of hydrogen-bond donors (Lipinski definition) is 2. The van der Waals surface area contributed by atoms with E-state index in [0.717, 1.165) is 11.1 Å². The van der Waals surface area contributed by atoms with Crippen LogP contribution in [-0.2, 0) is 13.0 Å². The van der Waals surface area contributed by atoms with Gasteiger partial charge in [0.05, 0.1) is 38.8 Å². The van der Waals surface area contributed by atoms with Crippen molar-refractivity contribution in [2.75, 3.05) is 27.9 Å². The fraction of sp³-hybridized carbons (Fsp3) is 0.200. The maximum atomic E-state index is 13.5. The summed E-state index contributed by atoms with van der Waals surface area (Å²) >= 11 is 0. The minimum absolute atomic E-state index is 0.0425. The zero-order valence-corrected chi connectivity index (χ0v) is 22.4. The van der Waals surface area contributed by atoms with Crippen LogP contribution >= 0.6 is 0 Å². The lowest BCUT2D eigenvalue weighted by Gasteiger charge is -2.15. The number of hydrogen-bond acceptors (Lipinski definition) is 7. The van der Waals surface area contributed by atoms with E-state index in [4.69, 9.17) is 19.6 Å². The molecule has 0 atom stereocenters. The number of amides is 1. The molecule has 0 aliphatic heterocycles. The minimum Gasteiger partial charge on any atom is -0.497 e. The lowest BCUT2D eigenvalue weighted by Crippen LogP contribution is -2.35. The van der Waals surface area contributed by atoms with Crippen LogP contribution in [0.2, 0.25) is 0 Å². The molecule has 5 aromatic rings. The molecule has 0 unspecified atom stereocenters. The van der Waals surface area contributed by atoms with Gasteiger partial charge in [-0.25, -0.2) is 4.98 Å². The summed E-state index contributed by atoms with van der Waals surface area (Å²) in [6.45, 7) is 0.556. The molecular weight excluding hydrogens is 510 g/mol. The van der Waals surface area contributed by atoms with Crippen molar-refractivity contribution in [3.05, 3.63) is 105 Å². The monoisotopic (exact) mass is 539 g/mol. The van der Waals surface area contributed by atoms with E-state index in [1.54, 1.807) is 50.3 Å². The van der Waals surface area contributed by atoms with Crippen LogP contribution in [0.1, 0.15) is 21.5 Å². The maximum Gasteiger partial charge on any atom is 0.267 e. The molecule has 40 heavy (non-hydrogen) atoms. The summed E-state index contributed by atoms with van der Waals surface area (Å²) in [5.41, 5.74) is 2.33. The normalized spacial score (nSPS) is 11.0. The number of nitrogens with zero attached hydrogens (tertiary/aromatic N) is 3. The molecular formula is C30H29N5O5. The van der Waals surface area contributed by atoms with Crippen LogP contribution in [0.25, 0.3) is 16.7 Å². The van der Waals surface area contributed by atoms with Crippen molar-refractivity contribution in [2.45, 2.75) is 13.0 Å². The zero-order chi connectivity index (χ0) is 28.2. The Morgan fingerprint density at radius 2 is 1.68 bits per heavy atom. The standard InChI is InChI=1S/C30H29N5O5/c1-38-21-10-7-20(8-11-21)18-35-27(31)22(17-23-28(35)33-26-6-4-5-15-34(26)30(23)37)29(36)32-14-13-19-9-12-24(39-2)25(16-19)40-3/h4-12,15-17,31H,13-14,18H2,1-3H3,(H,32,36). The molecule has 0 spiro atoms. The SMILES string of the molecule is COc1ccc(Cn2c(=N)c(C(=O)NCCc3ccc(OC)c(OC)c3)cc3c(=O)n4ccccc4nc32)cc1. The van der Waals surface area contributed by atoms with Crippen molar-refractivity contribution in [1.82, 2.24) is 19.3 Å². The van der Waals surface area contributed by atoms with Crippen LogP contribution in [0.4, 0.5) is 0 Å². The number of benzene rings is 2. The van der Waals surface area contributed by atoms with Crippen molar-refractivity contribution in [3.63, 3.8) is 0 Å². The summed E-state index contributed by atoms with van der Waals surface area (Å²) in [6.07, 6.45) is 2.17. The third-order valence-electron chi connectivity index (χ3n) is 6.71. The Kier molecular flexibility index (Phi) is 7.50. The van der Waals surface area contributed by atoms with Gasteiger partial charge in [-0.05, 0) is 60.0 Å². The lowest BCUT2D eigenvalue weighted by molar-refractivity contribution is 0.0951. The Hall–Kier alpha value is -5.12. The summed E-state index contributed by atoms with van der Waals surface area (Å²) in [5, 5.41) is 12.1. The van der Waals surface area contributed by atoms with E-state index in [1.807, 2.05) is 42.5 Å². The fourth-order valence-corrected chi connectivity index (χ4v) is 4.58. The second-order valence-corrected chi connectivity index (χ2v) is 9.12. The Bertz CT molecular complexity index is 1830. The molecule has 1 amide bonds. The Morgan fingerprint density at radius 1 is 0.925 bits per heavy atom. The molecule has 0 fully saturated rings. The molecule has 5 rings (SSSR count). The molecule has 2 N–H and O–H groups in total. The summed E-state index contributed by atoms with van der Waals surface area (Å²) in [5.74, 6) is 1.48. The van der Waals surface area contributed by atoms with Crippen LogP contribution in [0.3, 0.4) is 0 Å². The van der Waals surface area contributed by atoms with Gasteiger partial charge in [0.2, 0.25) is 0 Å². The predicted molar refractivity (Wildman–Crippen MR) is 150 cm³/mol. The summed E-state index contributed by atoms with van der Waals surface area (Å²) < 4.78 is 18.9. The van der Waals surface area contributed by atoms with E-state index in [0.29, 0.717) is 41.5 Å². The first kappa shape index (κ1) is 26.5. The highest BCUT2D eigenvalue weighted by Crippen LogP contribution is 2.27. The van der Waals surface area contributed by atoms with E-state index in [2.05, 4.69) is 10.3 Å². The van der Waals surface area contributed by atoms with Gasteiger partial charge < -0.3 is 24.1 Å². The topological polar surface area (TPSA) is 120 Å². The van der Waals surface area contributed by atoms with Gasteiger partial charge in [0, 0.05) is 12.7 Å². The summed E-state index contributed by atoms with van der Waals surface area (Å²) in [6, 6.07) is 19.7. The largest absolute Gasteiger partial charge is 0.497 e. The Morgan fingerprint density at radius 3 is 2.40 bits per heavy atom. The molecule has 10 heteroatoms. The molecule has 3 heterocycles. The molecule has 2 aromatic carbocycles. The molecule has 0 aliphatic rings. The molecule has 0 radical (unpaired) electrons. The van der Waals surface area contributed by atoms with Crippen LogP contribution < -0.4 is 30.6 Å². The number of nitrogens with one attached hydrogen (secondary N) is 2. The van der Waals surface area contributed by atoms with Gasteiger partial charge in [-0.3, -0.25) is 19.4 Å². The van der Waals surface area contributed by atoms with Crippen LogP contribution in [0, 0.1) is 5.41 Å². The van der Waals surface area contributed by atoms with Crippen LogP contribution in [0.5, 0.6) is 17.2 Å². The average molecular weight is 540 g/mol. The van der Waals surface area contributed by atoms with E-state index in [9.17, 15) is 9.59 Å². The molecule has 0 saturated carbocycles. The third kappa shape index (κ3) is 5.11. The number of pyridine rings is 2. The van der Waals surface area contributed by atoms with Crippen molar-refractivity contribution >= 4 is 22.6 Å². The third-order valence-corrected chi connectivity index (χ3v) is 6.71. The van der Waals surface area contributed by atoms with Gasteiger partial charge in [-0.15, -0.1) is 0 Å². The van der Waals surface area contributed by atoms with Crippen LogP contribution in [-0.4, -0.2) is 47.7 Å². The molecule has 0 bridgehead atoms. The molecule has 0 saturated heterocycles. The number of carbonyl (C=O) groups excluding carboxylic acids is 1. The second-order valence-electron chi connectivity index (χ2n) is 9.12. The highest BCUT2D eigenvalue weighted by atomic mass is 16.5. The average Bonchev–Trinajstić information content (AvgIpc) is 2.99. The van der Waals surface area contributed by atoms with Gasteiger partial charge in [-0.1, -0.05) is 24.3 Å². The van der Waals surface area contributed by atoms with E-state index in [1.165, 1.54) is 10.5 Å². The van der Waals surface area contributed by atoms with Crippen molar-refractivity contribution in [1.29, 1.82) is 5.41 Å². The number of fused-ring (bicyclic) bond motifs is 2. The molecule has 204 valence electrons. The highest BCUT2D eigenvalue weighted by molar-refractivity contribution is 5.96. The molecule has 3 aromatic heterocycles. The first-order valence-electron chi connectivity index (χ1n) is 12.6. The Labute approximate surface area is 229 Å². The number of rotatable bonds is 9. The van der Waals surface area contributed by atoms with Gasteiger partial charge >= 0.3 is 0 Å². The van der Waals surface area contributed by atoms with Crippen molar-refractivity contribution in [2.24, 2.45) is 0 Å². The van der Waals surface area contributed by atoms with E-state index in [-0.39, 0.29) is 28.5 Å². The van der Waals surface area contributed by atoms with Gasteiger partial charge in [0.1, 0.15) is 22.5 Å².